The molecule has 2 rings (SSSR count). The molecule has 4 nitrogen and oxygen atoms in total. The van der Waals surface area contributed by atoms with E-state index in [1.165, 1.54) is 25.9 Å². The summed E-state index contributed by atoms with van der Waals surface area (Å²) < 4.78 is 0. The molecule has 5 heteroatoms. The van der Waals surface area contributed by atoms with Crippen LogP contribution in [0.3, 0.4) is 0 Å². The van der Waals surface area contributed by atoms with Gasteiger partial charge >= 0.3 is 0 Å². The van der Waals surface area contributed by atoms with Gasteiger partial charge in [-0.3, -0.25) is 4.90 Å². The molecular formula is C14H23ClN4. The first kappa shape index (κ1) is 14.6. The average molecular weight is 283 g/mol. The molecule has 2 N–H and O–H groups in total. The van der Waals surface area contributed by atoms with Crippen LogP contribution in [0.1, 0.15) is 25.5 Å². The van der Waals surface area contributed by atoms with Crippen molar-refractivity contribution in [3.63, 3.8) is 0 Å². The minimum atomic E-state index is 0.536. The van der Waals surface area contributed by atoms with E-state index < -0.39 is 0 Å². The molecule has 19 heavy (non-hydrogen) atoms. The van der Waals surface area contributed by atoms with Crippen LogP contribution in [0.25, 0.3) is 0 Å². The fraction of sp³-hybridized carbons (Fsp3) is 0.643. The maximum Gasteiger partial charge on any atom is 0.123 e. The van der Waals surface area contributed by atoms with Gasteiger partial charge in [0.2, 0.25) is 0 Å². The number of anilines is 1. The number of hydrogen-bond donors (Lipinski definition) is 1. The highest BCUT2D eigenvalue weighted by atomic mass is 35.5. The summed E-state index contributed by atoms with van der Waals surface area (Å²) in [4.78, 5) is 9.18. The second kappa shape index (κ2) is 6.55. The SMILES string of the molecule is CCN1CCC(N(C)Cc2nc(N)ccc2Cl)CC1. The highest BCUT2D eigenvalue weighted by Crippen LogP contribution is 2.21. The van der Waals surface area contributed by atoms with Gasteiger partial charge in [-0.2, -0.15) is 0 Å². The molecule has 0 amide bonds. The molecule has 1 saturated heterocycles. The van der Waals surface area contributed by atoms with Crippen molar-refractivity contribution in [1.82, 2.24) is 14.8 Å². The Morgan fingerprint density at radius 2 is 2.11 bits per heavy atom. The van der Waals surface area contributed by atoms with E-state index in [4.69, 9.17) is 17.3 Å². The van der Waals surface area contributed by atoms with Gasteiger partial charge in [0, 0.05) is 12.6 Å². The Morgan fingerprint density at radius 3 is 2.74 bits per heavy atom. The van der Waals surface area contributed by atoms with Crippen LogP contribution in [-0.4, -0.2) is 47.5 Å². The second-order valence-electron chi connectivity index (χ2n) is 5.25. The van der Waals surface area contributed by atoms with Crippen LogP contribution in [0.4, 0.5) is 5.82 Å². The molecular weight excluding hydrogens is 260 g/mol. The van der Waals surface area contributed by atoms with Crippen LogP contribution in [-0.2, 0) is 6.54 Å². The van der Waals surface area contributed by atoms with Crippen LogP contribution >= 0.6 is 11.6 Å². The Kier molecular flexibility index (Phi) is 5.02. The first-order chi connectivity index (χ1) is 9.10. The van der Waals surface area contributed by atoms with Gasteiger partial charge in [0.15, 0.2) is 0 Å². The predicted octanol–water partition coefficient (Wildman–Crippen LogP) is 2.23. The number of piperidine rings is 1. The Morgan fingerprint density at radius 1 is 1.42 bits per heavy atom. The quantitative estimate of drug-likeness (QED) is 0.920. The van der Waals surface area contributed by atoms with Gasteiger partial charge in [0.05, 0.1) is 10.7 Å². The number of nitrogens with zero attached hydrogens (tertiary/aromatic N) is 3. The van der Waals surface area contributed by atoms with Crippen LogP contribution < -0.4 is 5.73 Å². The van der Waals surface area contributed by atoms with E-state index in [1.807, 2.05) is 6.07 Å². The molecule has 0 aliphatic carbocycles. The zero-order valence-electron chi connectivity index (χ0n) is 11.8. The number of hydrogen-bond acceptors (Lipinski definition) is 4. The summed E-state index contributed by atoms with van der Waals surface area (Å²) in [6, 6.07) is 4.18. The summed E-state index contributed by atoms with van der Waals surface area (Å²) in [7, 11) is 2.15. The van der Waals surface area contributed by atoms with Crippen molar-refractivity contribution in [2.75, 3.05) is 32.4 Å². The van der Waals surface area contributed by atoms with E-state index in [0.29, 0.717) is 16.9 Å². The zero-order valence-corrected chi connectivity index (χ0v) is 12.5. The fourth-order valence-electron chi connectivity index (χ4n) is 2.65. The van der Waals surface area contributed by atoms with Crippen LogP contribution in [0.2, 0.25) is 5.02 Å². The second-order valence-corrected chi connectivity index (χ2v) is 5.65. The highest BCUT2D eigenvalue weighted by Gasteiger charge is 2.22. The van der Waals surface area contributed by atoms with E-state index in [0.717, 1.165) is 18.8 Å². The third-order valence-corrected chi connectivity index (χ3v) is 4.31. The summed E-state index contributed by atoms with van der Waals surface area (Å²) in [5.74, 6) is 0.536. The molecule has 0 bridgehead atoms. The third-order valence-electron chi connectivity index (χ3n) is 3.97. The Labute approximate surface area is 120 Å². The van der Waals surface area contributed by atoms with Crippen molar-refractivity contribution in [1.29, 1.82) is 0 Å². The van der Waals surface area contributed by atoms with Crippen LogP contribution in [0.15, 0.2) is 12.1 Å². The zero-order chi connectivity index (χ0) is 13.8. The minimum absolute atomic E-state index is 0.536. The number of pyridine rings is 1. The fourth-order valence-corrected chi connectivity index (χ4v) is 2.82. The number of nitrogens with two attached hydrogens (primary N) is 1. The lowest BCUT2D eigenvalue weighted by Gasteiger charge is -2.36. The monoisotopic (exact) mass is 282 g/mol. The Balaban J connectivity index is 1.94. The standard InChI is InChI=1S/C14H23ClN4/c1-3-19-8-6-11(7-9-19)18(2)10-13-12(15)4-5-14(16)17-13/h4-5,11H,3,6-10H2,1-2H3,(H2,16,17). The molecule has 1 fully saturated rings. The molecule has 0 saturated carbocycles. The van der Waals surface area contributed by atoms with E-state index in [1.54, 1.807) is 6.07 Å². The number of nitrogen functional groups attached to an aromatic ring is 1. The smallest absolute Gasteiger partial charge is 0.123 e. The Hall–Kier alpha value is -0.840. The highest BCUT2D eigenvalue weighted by molar-refractivity contribution is 6.31. The topological polar surface area (TPSA) is 45.4 Å². The van der Waals surface area contributed by atoms with E-state index in [2.05, 4.69) is 28.8 Å². The molecule has 0 atom stereocenters. The van der Waals surface area contributed by atoms with Gasteiger partial charge < -0.3 is 10.6 Å². The summed E-state index contributed by atoms with van der Waals surface area (Å²) in [6.07, 6.45) is 2.43. The van der Waals surface area contributed by atoms with Crippen molar-refractivity contribution in [2.24, 2.45) is 0 Å². The maximum absolute atomic E-state index is 6.17. The Bertz CT molecular complexity index is 416. The van der Waals surface area contributed by atoms with Crippen molar-refractivity contribution in [2.45, 2.75) is 32.4 Å². The van der Waals surface area contributed by atoms with E-state index in [-0.39, 0.29) is 0 Å². The molecule has 0 spiro atoms. The number of rotatable bonds is 4. The molecule has 2 heterocycles. The summed E-state index contributed by atoms with van der Waals surface area (Å²) >= 11 is 6.17. The molecule has 1 aromatic rings. The molecule has 1 aliphatic heterocycles. The summed E-state index contributed by atoms with van der Waals surface area (Å²) in [6.45, 7) is 6.51. The maximum atomic E-state index is 6.17. The molecule has 0 radical (unpaired) electrons. The largest absolute Gasteiger partial charge is 0.384 e. The first-order valence-electron chi connectivity index (χ1n) is 6.93. The predicted molar refractivity (Wildman–Crippen MR) is 80.3 cm³/mol. The van der Waals surface area contributed by atoms with Crippen molar-refractivity contribution >= 4 is 17.4 Å². The molecule has 1 aliphatic rings. The molecule has 0 aromatic carbocycles. The van der Waals surface area contributed by atoms with E-state index in [9.17, 15) is 0 Å². The first-order valence-corrected chi connectivity index (χ1v) is 7.31. The minimum Gasteiger partial charge on any atom is -0.384 e. The average Bonchev–Trinajstić information content (AvgIpc) is 2.43. The third kappa shape index (κ3) is 3.81. The van der Waals surface area contributed by atoms with Gasteiger partial charge in [-0.05, 0) is 51.7 Å². The summed E-state index contributed by atoms with van der Waals surface area (Å²) in [5, 5.41) is 0.701. The summed E-state index contributed by atoms with van der Waals surface area (Å²) in [5.41, 5.74) is 6.60. The van der Waals surface area contributed by atoms with E-state index >= 15 is 0 Å². The molecule has 106 valence electrons. The number of aromatic nitrogens is 1. The lowest BCUT2D eigenvalue weighted by Crippen LogP contribution is -2.43. The lowest BCUT2D eigenvalue weighted by atomic mass is 10.0. The number of likely N-dealkylation sites (tertiary alicyclic amines) is 1. The van der Waals surface area contributed by atoms with Crippen LogP contribution in [0.5, 0.6) is 0 Å². The van der Waals surface area contributed by atoms with Crippen LogP contribution in [0, 0.1) is 0 Å². The van der Waals surface area contributed by atoms with Gasteiger partial charge in [0.1, 0.15) is 5.82 Å². The lowest BCUT2D eigenvalue weighted by molar-refractivity contribution is 0.126. The van der Waals surface area contributed by atoms with Crippen molar-refractivity contribution in [3.8, 4) is 0 Å². The van der Waals surface area contributed by atoms with Gasteiger partial charge in [0.25, 0.3) is 0 Å². The van der Waals surface area contributed by atoms with Gasteiger partial charge in [-0.15, -0.1) is 0 Å². The normalized spacial score (nSPS) is 18.1. The van der Waals surface area contributed by atoms with Crippen molar-refractivity contribution < 1.29 is 0 Å². The van der Waals surface area contributed by atoms with Gasteiger partial charge in [-0.1, -0.05) is 18.5 Å². The number of halogens is 1. The van der Waals surface area contributed by atoms with Gasteiger partial charge in [-0.25, -0.2) is 4.98 Å². The molecule has 0 unspecified atom stereocenters. The van der Waals surface area contributed by atoms with Crippen molar-refractivity contribution in [3.05, 3.63) is 22.8 Å². The molecule has 1 aromatic heterocycles.